The normalized spacial score (nSPS) is 13.4. The van der Waals surface area contributed by atoms with Crippen LogP contribution in [0, 0.1) is 0 Å². The maximum Gasteiger partial charge on any atom is 0.255 e. The highest BCUT2D eigenvalue weighted by Gasteiger charge is 2.03. The fourth-order valence-electron chi connectivity index (χ4n) is 1.85. The first-order valence-corrected chi connectivity index (χ1v) is 8.58. The van der Waals surface area contributed by atoms with E-state index in [-0.39, 0.29) is 11.5 Å². The van der Waals surface area contributed by atoms with Crippen molar-refractivity contribution in [2.45, 2.75) is 6.42 Å². The lowest BCUT2D eigenvalue weighted by Gasteiger charge is -2.02. The molecule has 0 bridgehead atoms. The first-order chi connectivity index (χ1) is 11.3. The summed E-state index contributed by atoms with van der Waals surface area (Å²) in [5.74, 6) is 1.96. The van der Waals surface area contributed by atoms with E-state index in [0.717, 1.165) is 24.4 Å². The van der Waals surface area contributed by atoms with Crippen LogP contribution in [0.3, 0.4) is 0 Å². The molecule has 0 unspecified atom stereocenters. The van der Waals surface area contributed by atoms with Gasteiger partial charge in [-0.05, 0) is 37.4 Å². The van der Waals surface area contributed by atoms with Gasteiger partial charge in [-0.25, -0.2) is 0 Å². The number of benzene rings is 1. The lowest BCUT2D eigenvalue weighted by molar-refractivity contribution is -0.118. The minimum absolute atomic E-state index is 0.00583. The average molecular weight is 333 g/mol. The zero-order valence-corrected chi connectivity index (χ0v) is 14.1. The third-order valence-corrected chi connectivity index (χ3v) is 3.92. The Balaban J connectivity index is 0.000000228. The lowest BCUT2D eigenvalue weighted by Crippen LogP contribution is -2.23. The van der Waals surface area contributed by atoms with Crippen molar-refractivity contribution in [1.29, 1.82) is 0 Å². The van der Waals surface area contributed by atoms with E-state index in [0.29, 0.717) is 5.75 Å². The first-order valence-electron chi connectivity index (χ1n) is 7.42. The van der Waals surface area contributed by atoms with Crippen LogP contribution in [0.1, 0.15) is 6.42 Å². The molecule has 1 fully saturated rings. The van der Waals surface area contributed by atoms with Crippen LogP contribution >= 0.6 is 11.8 Å². The van der Waals surface area contributed by atoms with Crippen molar-refractivity contribution in [2.75, 3.05) is 25.1 Å². The summed E-state index contributed by atoms with van der Waals surface area (Å²) in [7, 11) is 1.50. The van der Waals surface area contributed by atoms with Gasteiger partial charge in [0, 0.05) is 24.5 Å². The van der Waals surface area contributed by atoms with Gasteiger partial charge < -0.3 is 11.1 Å². The van der Waals surface area contributed by atoms with Crippen LogP contribution < -0.4 is 16.6 Å². The Labute approximate surface area is 140 Å². The quantitative estimate of drug-likeness (QED) is 0.832. The number of nitrogens with two attached hydrogens (primary N) is 1. The number of thioether (sulfide) groups is 1. The Hall–Kier alpha value is -2.05. The highest BCUT2D eigenvalue weighted by atomic mass is 32.2. The van der Waals surface area contributed by atoms with E-state index in [1.165, 1.54) is 7.05 Å². The number of rotatable bonds is 1. The van der Waals surface area contributed by atoms with Crippen LogP contribution in [-0.4, -0.2) is 35.6 Å². The van der Waals surface area contributed by atoms with Crippen molar-refractivity contribution in [1.82, 2.24) is 9.88 Å². The number of para-hydroxylation sites is 1. The average Bonchev–Trinajstić information content (AvgIpc) is 2.86. The third-order valence-electron chi connectivity index (χ3n) is 2.88. The summed E-state index contributed by atoms with van der Waals surface area (Å²) in [6.07, 6.45) is 2.88. The van der Waals surface area contributed by atoms with Crippen LogP contribution in [0.2, 0.25) is 0 Å². The smallest absolute Gasteiger partial charge is 0.255 e. The summed E-state index contributed by atoms with van der Waals surface area (Å²) in [5, 5.41) is 2.78. The highest BCUT2D eigenvalue weighted by Crippen LogP contribution is 2.03. The topological polar surface area (TPSA) is 77.1 Å². The number of hydrogen-bond acceptors (Lipinski definition) is 4. The molecule has 0 atom stereocenters. The molecule has 1 amide bonds. The lowest BCUT2D eigenvalue weighted by atomic mass is 10.3. The molecule has 3 rings (SSSR count). The summed E-state index contributed by atoms with van der Waals surface area (Å²) in [4.78, 5) is 21.9. The summed E-state index contributed by atoms with van der Waals surface area (Å²) in [6, 6.07) is 14.7. The zero-order chi connectivity index (χ0) is 16.9. The summed E-state index contributed by atoms with van der Waals surface area (Å²) in [6.45, 7) is 0.867. The second-order valence-electron chi connectivity index (χ2n) is 4.50. The molecule has 0 spiro atoms. The van der Waals surface area contributed by atoms with Crippen LogP contribution in [0.25, 0.3) is 5.69 Å². The maximum absolute atomic E-state index is 11.4. The molecule has 3 N–H and O–H groups in total. The van der Waals surface area contributed by atoms with Gasteiger partial charge in [-0.3, -0.25) is 14.2 Å². The molecule has 5 nitrogen and oxygen atoms in total. The van der Waals surface area contributed by atoms with Crippen molar-refractivity contribution >= 4 is 17.7 Å². The zero-order valence-electron chi connectivity index (χ0n) is 13.3. The number of aromatic nitrogens is 1. The van der Waals surface area contributed by atoms with Gasteiger partial charge in [0.2, 0.25) is 5.91 Å². The number of amides is 1. The molecule has 0 aliphatic carbocycles. The van der Waals surface area contributed by atoms with Gasteiger partial charge in [0.25, 0.3) is 5.56 Å². The number of carbonyl (C=O) groups excluding carboxylic acids is 1. The van der Waals surface area contributed by atoms with E-state index in [1.54, 1.807) is 34.7 Å². The molecule has 6 heteroatoms. The minimum Gasteiger partial charge on any atom is -0.355 e. The Bertz CT molecular complexity index is 619. The van der Waals surface area contributed by atoms with Crippen LogP contribution in [0.4, 0.5) is 0 Å². The molecule has 0 radical (unpaired) electrons. The van der Waals surface area contributed by atoms with Gasteiger partial charge in [-0.1, -0.05) is 24.3 Å². The van der Waals surface area contributed by atoms with E-state index in [9.17, 15) is 9.59 Å². The fourth-order valence-corrected chi connectivity index (χ4v) is 2.63. The molecule has 1 aliphatic heterocycles. The molecule has 2 aromatic rings. The molecule has 124 valence electrons. The Morgan fingerprint density at radius 2 is 1.74 bits per heavy atom. The standard InChI is InChI=1S/C11H9NO.C5H9NOS.CH5N/c13-11-8-4-5-9-12(11)10-6-2-1-3-7-10;7-5-4-8-3-1-2-6-5;1-2/h1-9H;1-4H2,(H,6,7);2H2,1H3. The Morgan fingerprint density at radius 1 is 1.04 bits per heavy atom. The van der Waals surface area contributed by atoms with Gasteiger partial charge in [0.1, 0.15) is 0 Å². The predicted octanol–water partition coefficient (Wildman–Crippen LogP) is 1.65. The maximum atomic E-state index is 11.4. The molecule has 2 heterocycles. The second kappa shape index (κ2) is 11.5. The predicted molar refractivity (Wildman–Crippen MR) is 97.1 cm³/mol. The number of hydrogen-bond donors (Lipinski definition) is 2. The van der Waals surface area contributed by atoms with Crippen LogP contribution in [0.5, 0.6) is 0 Å². The third kappa shape index (κ3) is 7.17. The van der Waals surface area contributed by atoms with Crippen molar-refractivity contribution in [3.05, 3.63) is 65.1 Å². The van der Waals surface area contributed by atoms with Gasteiger partial charge in [0.05, 0.1) is 5.75 Å². The molecule has 23 heavy (non-hydrogen) atoms. The minimum atomic E-state index is -0.00583. The summed E-state index contributed by atoms with van der Waals surface area (Å²) < 4.78 is 1.61. The van der Waals surface area contributed by atoms with E-state index < -0.39 is 0 Å². The van der Waals surface area contributed by atoms with E-state index >= 15 is 0 Å². The molecule has 1 aromatic carbocycles. The second-order valence-corrected chi connectivity index (χ2v) is 5.61. The largest absolute Gasteiger partial charge is 0.355 e. The number of pyridine rings is 1. The number of nitrogens with one attached hydrogen (secondary N) is 1. The van der Waals surface area contributed by atoms with Crippen molar-refractivity contribution < 1.29 is 4.79 Å². The fraction of sp³-hybridized carbons (Fsp3) is 0.294. The number of carbonyl (C=O) groups is 1. The van der Waals surface area contributed by atoms with Gasteiger partial charge >= 0.3 is 0 Å². The molecular weight excluding hydrogens is 310 g/mol. The highest BCUT2D eigenvalue weighted by molar-refractivity contribution is 7.99. The van der Waals surface area contributed by atoms with E-state index in [2.05, 4.69) is 11.1 Å². The van der Waals surface area contributed by atoms with E-state index in [1.807, 2.05) is 36.4 Å². The van der Waals surface area contributed by atoms with Gasteiger partial charge in [-0.2, -0.15) is 11.8 Å². The van der Waals surface area contributed by atoms with Crippen LogP contribution in [0.15, 0.2) is 59.5 Å². The van der Waals surface area contributed by atoms with E-state index in [4.69, 9.17) is 0 Å². The van der Waals surface area contributed by atoms with Crippen molar-refractivity contribution in [3.63, 3.8) is 0 Å². The Morgan fingerprint density at radius 3 is 2.43 bits per heavy atom. The summed E-state index contributed by atoms with van der Waals surface area (Å²) in [5.41, 5.74) is 5.39. The molecule has 1 saturated heterocycles. The van der Waals surface area contributed by atoms with Crippen LogP contribution in [-0.2, 0) is 4.79 Å². The van der Waals surface area contributed by atoms with Gasteiger partial charge in [0.15, 0.2) is 0 Å². The van der Waals surface area contributed by atoms with Gasteiger partial charge in [-0.15, -0.1) is 0 Å². The van der Waals surface area contributed by atoms with Crippen molar-refractivity contribution in [2.24, 2.45) is 5.73 Å². The molecular formula is C17H23N3O2S. The first kappa shape index (κ1) is 19.0. The monoisotopic (exact) mass is 333 g/mol. The molecule has 1 aliphatic rings. The van der Waals surface area contributed by atoms with Crippen molar-refractivity contribution in [3.8, 4) is 5.69 Å². The SMILES string of the molecule is CN.O=C1CSCCCN1.O=c1ccccn1-c1ccccc1. The Kier molecular flexibility index (Phi) is 9.51. The summed E-state index contributed by atoms with van der Waals surface area (Å²) >= 11 is 1.71. The molecule has 0 saturated carbocycles. The number of nitrogens with zero attached hydrogens (tertiary/aromatic N) is 1. The molecule has 1 aromatic heterocycles.